The maximum atomic E-state index is 12.2. The number of hydrogen-bond acceptors (Lipinski definition) is 5. The zero-order valence-electron chi connectivity index (χ0n) is 11.8. The third kappa shape index (κ3) is 4.39. The second-order valence-corrected chi connectivity index (χ2v) is 6.66. The van der Waals surface area contributed by atoms with Crippen molar-refractivity contribution in [3.63, 3.8) is 0 Å². The maximum Gasteiger partial charge on any atom is 0.252 e. The van der Waals surface area contributed by atoms with Gasteiger partial charge in [-0.05, 0) is 19.9 Å². The fourth-order valence-electron chi connectivity index (χ4n) is 1.64. The van der Waals surface area contributed by atoms with Gasteiger partial charge < -0.3 is 10.4 Å². The van der Waals surface area contributed by atoms with Crippen LogP contribution in [0.4, 0.5) is 0 Å². The molecular formula is C15H16N2O2S2. The number of aromatic nitrogens is 1. The molecule has 21 heavy (non-hydrogen) atoms. The number of carbonyl (C=O) groups excluding carboxylic acids is 1. The molecular weight excluding hydrogens is 304 g/mol. The second kappa shape index (κ2) is 7.36. The zero-order chi connectivity index (χ0) is 15.2. The van der Waals surface area contributed by atoms with E-state index in [4.69, 9.17) is 5.11 Å². The van der Waals surface area contributed by atoms with Crippen molar-refractivity contribution in [3.8, 4) is 11.8 Å². The summed E-state index contributed by atoms with van der Waals surface area (Å²) < 4.78 is 0. The molecule has 2 heterocycles. The summed E-state index contributed by atoms with van der Waals surface area (Å²) >= 11 is 3.01. The van der Waals surface area contributed by atoms with Crippen LogP contribution in [0.2, 0.25) is 0 Å². The zero-order valence-corrected chi connectivity index (χ0v) is 13.5. The number of hydrogen-bond donors (Lipinski definition) is 2. The van der Waals surface area contributed by atoms with Gasteiger partial charge in [0.25, 0.3) is 5.91 Å². The fraction of sp³-hybridized carbons (Fsp3) is 0.333. The van der Waals surface area contributed by atoms with E-state index in [0.717, 1.165) is 14.8 Å². The summed E-state index contributed by atoms with van der Waals surface area (Å²) in [4.78, 5) is 18.4. The summed E-state index contributed by atoms with van der Waals surface area (Å²) in [5.74, 6) is 5.65. The van der Waals surface area contributed by atoms with Crippen molar-refractivity contribution in [2.24, 2.45) is 0 Å². The van der Waals surface area contributed by atoms with Crippen LogP contribution in [0.25, 0.3) is 0 Å². The summed E-state index contributed by atoms with van der Waals surface area (Å²) in [6.45, 7) is 3.97. The van der Waals surface area contributed by atoms with Crippen molar-refractivity contribution >= 4 is 28.6 Å². The highest BCUT2D eigenvalue weighted by Crippen LogP contribution is 2.20. The van der Waals surface area contributed by atoms with E-state index in [2.05, 4.69) is 22.1 Å². The van der Waals surface area contributed by atoms with Gasteiger partial charge in [-0.15, -0.1) is 22.7 Å². The van der Waals surface area contributed by atoms with Crippen LogP contribution in [0.15, 0.2) is 17.6 Å². The Balaban J connectivity index is 1.99. The first-order valence-corrected chi connectivity index (χ1v) is 8.21. The molecule has 1 amide bonds. The van der Waals surface area contributed by atoms with Gasteiger partial charge >= 0.3 is 0 Å². The Morgan fingerprint density at radius 2 is 2.38 bits per heavy atom. The van der Waals surface area contributed by atoms with E-state index in [9.17, 15) is 4.79 Å². The van der Waals surface area contributed by atoms with Gasteiger partial charge in [0.15, 0.2) is 0 Å². The highest BCUT2D eigenvalue weighted by atomic mass is 32.1. The van der Waals surface area contributed by atoms with Crippen LogP contribution in [0.3, 0.4) is 0 Å². The number of aliphatic hydroxyl groups excluding tert-OH is 1. The minimum atomic E-state index is -0.123. The minimum absolute atomic E-state index is 0.0520. The number of thiophene rings is 1. The van der Waals surface area contributed by atoms with Crippen LogP contribution in [0.5, 0.6) is 0 Å². The quantitative estimate of drug-likeness (QED) is 0.852. The van der Waals surface area contributed by atoms with Crippen molar-refractivity contribution in [2.75, 3.05) is 6.61 Å². The van der Waals surface area contributed by atoms with E-state index in [0.29, 0.717) is 12.0 Å². The largest absolute Gasteiger partial charge is 0.395 e. The average Bonchev–Trinajstić information content (AvgIpc) is 3.08. The van der Waals surface area contributed by atoms with E-state index in [1.807, 2.05) is 20.0 Å². The van der Waals surface area contributed by atoms with Crippen molar-refractivity contribution < 1.29 is 9.90 Å². The summed E-state index contributed by atoms with van der Waals surface area (Å²) in [5.41, 5.74) is 0.605. The van der Waals surface area contributed by atoms with Gasteiger partial charge in [-0.3, -0.25) is 4.79 Å². The Morgan fingerprint density at radius 3 is 3.05 bits per heavy atom. The Bertz CT molecular complexity index is 679. The molecule has 0 aliphatic carbocycles. The summed E-state index contributed by atoms with van der Waals surface area (Å²) in [5, 5.41) is 14.3. The molecule has 0 saturated carbocycles. The highest BCUT2D eigenvalue weighted by molar-refractivity contribution is 7.11. The number of thiazole rings is 1. The first-order chi connectivity index (χ1) is 10.1. The topological polar surface area (TPSA) is 62.2 Å². The van der Waals surface area contributed by atoms with Crippen molar-refractivity contribution in [3.05, 3.63) is 38.0 Å². The van der Waals surface area contributed by atoms with Crippen molar-refractivity contribution in [1.82, 2.24) is 10.3 Å². The van der Waals surface area contributed by atoms with Gasteiger partial charge in [-0.2, -0.15) is 0 Å². The Labute approximate surface area is 131 Å². The number of nitrogens with zero attached hydrogens (tertiary/aromatic N) is 1. The first kappa shape index (κ1) is 15.7. The summed E-state index contributed by atoms with van der Waals surface area (Å²) in [7, 11) is 0. The lowest BCUT2D eigenvalue weighted by atomic mass is 10.2. The van der Waals surface area contributed by atoms with E-state index < -0.39 is 0 Å². The maximum absolute atomic E-state index is 12.2. The van der Waals surface area contributed by atoms with E-state index in [1.54, 1.807) is 22.8 Å². The predicted octanol–water partition coefficient (Wildman–Crippen LogP) is 2.74. The van der Waals surface area contributed by atoms with Crippen LogP contribution in [-0.4, -0.2) is 22.6 Å². The second-order valence-electron chi connectivity index (χ2n) is 4.48. The number of aryl methyl sites for hydroxylation is 1. The monoisotopic (exact) mass is 320 g/mol. The average molecular weight is 320 g/mol. The molecule has 0 saturated heterocycles. The molecule has 0 aliphatic heterocycles. The third-order valence-electron chi connectivity index (χ3n) is 2.67. The van der Waals surface area contributed by atoms with Gasteiger partial charge in [0.1, 0.15) is 5.01 Å². The minimum Gasteiger partial charge on any atom is -0.395 e. The molecule has 110 valence electrons. The molecule has 0 fully saturated rings. The highest BCUT2D eigenvalue weighted by Gasteiger charge is 2.15. The number of amides is 1. The molecule has 1 unspecified atom stereocenters. The lowest BCUT2D eigenvalue weighted by molar-refractivity contribution is 0.0940. The molecule has 2 rings (SSSR count). The molecule has 4 nitrogen and oxygen atoms in total. The van der Waals surface area contributed by atoms with Gasteiger partial charge in [-0.1, -0.05) is 11.8 Å². The van der Waals surface area contributed by atoms with Crippen LogP contribution >= 0.6 is 22.7 Å². The fourth-order valence-corrected chi connectivity index (χ4v) is 3.17. The molecule has 0 aromatic carbocycles. The molecule has 2 aromatic rings. The Kier molecular flexibility index (Phi) is 5.51. The Hall–Kier alpha value is -1.68. The van der Waals surface area contributed by atoms with Crippen LogP contribution in [0.1, 0.15) is 44.5 Å². The normalized spacial score (nSPS) is 11.6. The van der Waals surface area contributed by atoms with Crippen molar-refractivity contribution in [1.29, 1.82) is 0 Å². The lowest BCUT2D eigenvalue weighted by Gasteiger charge is -2.09. The molecule has 1 atom stereocenters. The molecule has 2 N–H and O–H groups in total. The number of rotatable bonds is 4. The van der Waals surface area contributed by atoms with Gasteiger partial charge in [-0.25, -0.2) is 4.98 Å². The molecule has 6 heteroatoms. The number of aliphatic hydroxyl groups is 1. The molecule has 0 bridgehead atoms. The smallest absolute Gasteiger partial charge is 0.252 e. The van der Waals surface area contributed by atoms with Crippen molar-refractivity contribution in [2.45, 2.75) is 26.3 Å². The molecule has 0 spiro atoms. The van der Waals surface area contributed by atoms with Crippen LogP contribution in [0, 0.1) is 18.8 Å². The van der Waals surface area contributed by atoms with E-state index >= 15 is 0 Å². The summed E-state index contributed by atoms with van der Waals surface area (Å²) in [6, 6.07) is 1.66. The Morgan fingerprint density at radius 1 is 1.57 bits per heavy atom. The summed E-state index contributed by atoms with van der Waals surface area (Å²) in [6.07, 6.45) is 2.25. The van der Waals surface area contributed by atoms with E-state index in [1.165, 1.54) is 11.3 Å². The molecule has 0 radical (unpaired) electrons. The van der Waals surface area contributed by atoms with Crippen LogP contribution < -0.4 is 5.32 Å². The number of carbonyl (C=O) groups is 1. The first-order valence-electron chi connectivity index (χ1n) is 6.51. The predicted molar refractivity (Wildman–Crippen MR) is 85.6 cm³/mol. The standard InChI is InChI=1S/C15H16N2O2S2/c1-10-8-16-15(21-10)11(2)17-14(19)12-7-13(20-9-12)5-3-4-6-18/h7-9,11,18H,4,6H2,1-2H3,(H,17,19). The van der Waals surface area contributed by atoms with Gasteiger partial charge in [0.05, 0.1) is 23.1 Å². The lowest BCUT2D eigenvalue weighted by Crippen LogP contribution is -2.26. The molecule has 2 aromatic heterocycles. The third-order valence-corrected chi connectivity index (χ3v) is 4.61. The van der Waals surface area contributed by atoms with Crippen LogP contribution in [-0.2, 0) is 0 Å². The van der Waals surface area contributed by atoms with E-state index in [-0.39, 0.29) is 18.6 Å². The van der Waals surface area contributed by atoms with Gasteiger partial charge in [0.2, 0.25) is 0 Å². The SMILES string of the molecule is Cc1cnc(C(C)NC(=O)c2csc(C#CCCO)c2)s1. The molecule has 0 aliphatic rings. The number of nitrogens with one attached hydrogen (secondary N) is 1. The van der Waals surface area contributed by atoms with Gasteiger partial charge in [0, 0.05) is 22.9 Å².